The van der Waals surface area contributed by atoms with Crippen LogP contribution in [-0.2, 0) is 12.8 Å². The standard InChI is InChI=1S/C35H36N6O5/c1-6-9-29-28(20-22-12-14-23(15-13-22)26-10-7-8-11-27(26)30-38-33(43)46-39-30)31(42)40(32-36-21-37-41(29)32)24-16-18-25(19-17-24)45-35(4,5)34(2,3)44/h7-8,10-19,21,44H,6,9,20H2,1-5H3,(H,38,39,43). The number of nitrogens with zero attached hydrogens (tertiary/aromatic N) is 5. The summed E-state index contributed by atoms with van der Waals surface area (Å²) in [5.41, 5.74) is 3.51. The molecule has 0 aliphatic carbocycles. The fourth-order valence-electron chi connectivity index (χ4n) is 5.34. The van der Waals surface area contributed by atoms with Crippen LogP contribution in [0.1, 0.15) is 57.9 Å². The molecule has 3 heterocycles. The number of aromatic nitrogens is 6. The smallest absolute Gasteiger partial charge is 0.439 e. The highest BCUT2D eigenvalue weighted by atomic mass is 16.5. The third-order valence-electron chi connectivity index (χ3n) is 8.49. The molecule has 6 aromatic rings. The first kappa shape index (κ1) is 30.7. The second kappa shape index (κ2) is 11.9. The van der Waals surface area contributed by atoms with Crippen LogP contribution >= 0.6 is 0 Å². The minimum atomic E-state index is -1.07. The van der Waals surface area contributed by atoms with E-state index in [0.717, 1.165) is 34.4 Å². The van der Waals surface area contributed by atoms with E-state index in [-0.39, 0.29) is 5.56 Å². The number of hydrogen-bond acceptors (Lipinski definition) is 8. The van der Waals surface area contributed by atoms with Crippen molar-refractivity contribution in [1.82, 2.24) is 29.3 Å². The van der Waals surface area contributed by atoms with Gasteiger partial charge in [0.2, 0.25) is 5.78 Å². The molecule has 3 aromatic heterocycles. The number of rotatable bonds is 10. The highest BCUT2D eigenvalue weighted by Gasteiger charge is 2.37. The van der Waals surface area contributed by atoms with Gasteiger partial charge in [0.1, 0.15) is 17.7 Å². The molecule has 11 heteroatoms. The van der Waals surface area contributed by atoms with E-state index in [1.165, 1.54) is 6.33 Å². The van der Waals surface area contributed by atoms with Crippen LogP contribution in [0.2, 0.25) is 0 Å². The van der Waals surface area contributed by atoms with Gasteiger partial charge in [-0.2, -0.15) is 10.1 Å². The number of ether oxygens (including phenoxy) is 1. The van der Waals surface area contributed by atoms with Crippen LogP contribution < -0.4 is 16.1 Å². The summed E-state index contributed by atoms with van der Waals surface area (Å²) in [6, 6.07) is 22.8. The van der Waals surface area contributed by atoms with Crippen molar-refractivity contribution in [1.29, 1.82) is 0 Å². The van der Waals surface area contributed by atoms with Gasteiger partial charge in [0.15, 0.2) is 5.82 Å². The van der Waals surface area contributed by atoms with Crippen molar-refractivity contribution in [2.24, 2.45) is 0 Å². The molecule has 0 saturated heterocycles. The molecule has 46 heavy (non-hydrogen) atoms. The number of aliphatic hydroxyl groups is 1. The molecule has 0 unspecified atom stereocenters. The summed E-state index contributed by atoms with van der Waals surface area (Å²) in [5, 5.41) is 18.9. The molecule has 0 spiro atoms. The zero-order chi connectivity index (χ0) is 32.6. The van der Waals surface area contributed by atoms with E-state index in [1.807, 2.05) is 74.5 Å². The SMILES string of the molecule is CCCc1c(Cc2ccc(-c3ccccc3-c3noc(=O)[nH]3)cc2)c(=O)n(-c2ccc(OC(C)(C)C(C)(C)O)cc2)c2ncnn12. The van der Waals surface area contributed by atoms with Crippen LogP contribution in [0.3, 0.4) is 0 Å². The monoisotopic (exact) mass is 620 g/mol. The van der Waals surface area contributed by atoms with Crippen LogP contribution in [0, 0.1) is 0 Å². The maximum Gasteiger partial charge on any atom is 0.439 e. The van der Waals surface area contributed by atoms with Gasteiger partial charge in [-0.3, -0.25) is 14.3 Å². The minimum absolute atomic E-state index is 0.168. The summed E-state index contributed by atoms with van der Waals surface area (Å²) < 4.78 is 14.1. The molecule has 3 aromatic carbocycles. The number of aryl methyl sites for hydroxylation is 1. The third kappa shape index (κ3) is 5.77. The molecule has 0 radical (unpaired) electrons. The van der Waals surface area contributed by atoms with Gasteiger partial charge in [0, 0.05) is 17.5 Å². The van der Waals surface area contributed by atoms with Crippen molar-refractivity contribution < 1.29 is 14.4 Å². The first-order valence-corrected chi connectivity index (χ1v) is 15.2. The lowest BCUT2D eigenvalue weighted by molar-refractivity contribution is -0.0906. The van der Waals surface area contributed by atoms with Gasteiger partial charge in [0.05, 0.1) is 17.0 Å². The van der Waals surface area contributed by atoms with E-state index in [1.54, 1.807) is 35.1 Å². The number of aromatic amines is 1. The Bertz CT molecular complexity index is 2110. The lowest BCUT2D eigenvalue weighted by Crippen LogP contribution is -2.49. The Balaban J connectivity index is 1.37. The second-order valence-corrected chi connectivity index (χ2v) is 12.3. The number of nitrogens with one attached hydrogen (secondary N) is 1. The maximum atomic E-state index is 14.3. The zero-order valence-corrected chi connectivity index (χ0v) is 26.4. The molecule has 2 N–H and O–H groups in total. The fourth-order valence-corrected chi connectivity index (χ4v) is 5.34. The topological polar surface area (TPSA) is 141 Å². The number of H-pyrrole nitrogens is 1. The van der Waals surface area contributed by atoms with E-state index < -0.39 is 17.0 Å². The van der Waals surface area contributed by atoms with Crippen molar-refractivity contribution >= 4 is 5.78 Å². The lowest BCUT2D eigenvalue weighted by Gasteiger charge is -2.37. The zero-order valence-electron chi connectivity index (χ0n) is 26.4. The largest absolute Gasteiger partial charge is 0.485 e. The van der Waals surface area contributed by atoms with Crippen molar-refractivity contribution in [2.45, 2.75) is 65.1 Å². The summed E-state index contributed by atoms with van der Waals surface area (Å²) >= 11 is 0. The molecule has 0 amide bonds. The Kier molecular flexibility index (Phi) is 7.95. The van der Waals surface area contributed by atoms with Gasteiger partial charge in [-0.05, 0) is 75.1 Å². The summed E-state index contributed by atoms with van der Waals surface area (Å²) in [4.78, 5) is 32.9. The normalized spacial score (nSPS) is 12.1. The van der Waals surface area contributed by atoms with Gasteiger partial charge in [-0.25, -0.2) is 13.9 Å². The predicted molar refractivity (Wildman–Crippen MR) is 174 cm³/mol. The van der Waals surface area contributed by atoms with Gasteiger partial charge in [-0.1, -0.05) is 67.0 Å². The first-order chi connectivity index (χ1) is 22.0. The first-order valence-electron chi connectivity index (χ1n) is 15.2. The van der Waals surface area contributed by atoms with Gasteiger partial charge in [-0.15, -0.1) is 0 Å². The maximum absolute atomic E-state index is 14.3. The highest BCUT2D eigenvalue weighted by molar-refractivity contribution is 5.80. The Labute approximate surface area is 265 Å². The quantitative estimate of drug-likeness (QED) is 0.209. The minimum Gasteiger partial charge on any atom is -0.485 e. The molecule has 6 rings (SSSR count). The van der Waals surface area contributed by atoms with Crippen molar-refractivity contribution in [3.05, 3.63) is 117 Å². The lowest BCUT2D eigenvalue weighted by atomic mass is 9.89. The Morgan fingerprint density at radius 2 is 1.63 bits per heavy atom. The molecule has 236 valence electrons. The Hall–Kier alpha value is -5.29. The van der Waals surface area contributed by atoms with Crippen molar-refractivity contribution in [3.8, 4) is 34.0 Å². The number of benzene rings is 3. The Morgan fingerprint density at radius 3 is 2.26 bits per heavy atom. The molecule has 0 aliphatic rings. The van der Waals surface area contributed by atoms with Crippen LogP contribution in [0.25, 0.3) is 34.0 Å². The van der Waals surface area contributed by atoms with Gasteiger partial charge >= 0.3 is 5.76 Å². The van der Waals surface area contributed by atoms with Crippen LogP contribution in [0.5, 0.6) is 5.75 Å². The van der Waals surface area contributed by atoms with Crippen LogP contribution in [0.4, 0.5) is 0 Å². The molecule has 11 nitrogen and oxygen atoms in total. The molecule has 0 bridgehead atoms. The molecule has 0 atom stereocenters. The highest BCUT2D eigenvalue weighted by Crippen LogP contribution is 2.31. The van der Waals surface area contributed by atoms with Gasteiger partial charge < -0.3 is 9.84 Å². The number of hydrogen-bond donors (Lipinski definition) is 2. The Morgan fingerprint density at radius 1 is 0.935 bits per heavy atom. The molecule has 0 aliphatic heterocycles. The second-order valence-electron chi connectivity index (χ2n) is 12.3. The summed E-state index contributed by atoms with van der Waals surface area (Å²) in [5.74, 6) is 0.745. The average molecular weight is 621 g/mol. The van der Waals surface area contributed by atoms with E-state index >= 15 is 0 Å². The van der Waals surface area contributed by atoms with E-state index in [0.29, 0.717) is 41.4 Å². The molecule has 0 fully saturated rings. The van der Waals surface area contributed by atoms with Gasteiger partial charge in [0.25, 0.3) is 5.56 Å². The van der Waals surface area contributed by atoms with Crippen molar-refractivity contribution in [2.75, 3.05) is 0 Å². The summed E-state index contributed by atoms with van der Waals surface area (Å²) in [7, 11) is 0. The van der Waals surface area contributed by atoms with E-state index in [2.05, 4.69) is 27.1 Å². The van der Waals surface area contributed by atoms with Crippen LogP contribution in [-0.4, -0.2) is 45.6 Å². The fraction of sp³-hybridized carbons (Fsp3) is 0.286. The van der Waals surface area contributed by atoms with E-state index in [4.69, 9.17) is 9.26 Å². The summed E-state index contributed by atoms with van der Waals surface area (Å²) in [6.07, 6.45) is 3.34. The number of fused-ring (bicyclic) bond motifs is 1. The summed E-state index contributed by atoms with van der Waals surface area (Å²) in [6.45, 7) is 9.13. The van der Waals surface area contributed by atoms with Crippen LogP contribution in [0.15, 0.2) is 93.2 Å². The molecule has 0 saturated carbocycles. The van der Waals surface area contributed by atoms with E-state index in [9.17, 15) is 14.7 Å². The van der Waals surface area contributed by atoms with Crippen molar-refractivity contribution in [3.63, 3.8) is 0 Å². The third-order valence-corrected chi connectivity index (χ3v) is 8.49. The molecular weight excluding hydrogens is 584 g/mol. The average Bonchev–Trinajstić information content (AvgIpc) is 3.69. The molecular formula is C35H36N6O5. The predicted octanol–water partition coefficient (Wildman–Crippen LogP) is 5.36.